The van der Waals surface area contributed by atoms with E-state index in [-0.39, 0.29) is 18.2 Å². The number of carbonyl (C=O) groups excluding carboxylic acids is 1. The minimum Gasteiger partial charge on any atom is -0.488 e. The van der Waals surface area contributed by atoms with Crippen LogP contribution in [0.3, 0.4) is 0 Å². The van der Waals surface area contributed by atoms with Gasteiger partial charge in [0.25, 0.3) is 0 Å². The third kappa shape index (κ3) is 3.58. The summed E-state index contributed by atoms with van der Waals surface area (Å²) in [5, 5.41) is 0.422. The Bertz CT molecular complexity index is 658. The first kappa shape index (κ1) is 15.0. The molecule has 104 valence electrons. The zero-order chi connectivity index (χ0) is 14.7. The molecular weight excluding hydrogens is 347 g/mol. The standard InChI is InChI=1S/C15H11BrClFO2/c1-9(19)13-4-2-11(16)7-15(13)20-8-10-6-12(18)3-5-14(10)17/h2-7H,8H2,1H3. The van der Waals surface area contributed by atoms with Crippen LogP contribution in [-0.2, 0) is 6.61 Å². The van der Waals surface area contributed by atoms with Crippen LogP contribution in [0.2, 0.25) is 5.02 Å². The molecule has 0 fully saturated rings. The Kier molecular flexibility index (Phi) is 4.78. The smallest absolute Gasteiger partial charge is 0.163 e. The number of benzene rings is 2. The van der Waals surface area contributed by atoms with Gasteiger partial charge in [0.1, 0.15) is 18.2 Å². The van der Waals surface area contributed by atoms with Gasteiger partial charge in [-0.15, -0.1) is 0 Å². The highest BCUT2D eigenvalue weighted by atomic mass is 79.9. The van der Waals surface area contributed by atoms with Gasteiger partial charge in [-0.3, -0.25) is 4.79 Å². The molecule has 0 unspecified atom stereocenters. The molecule has 0 saturated heterocycles. The number of hydrogen-bond donors (Lipinski definition) is 0. The van der Waals surface area contributed by atoms with Crippen LogP contribution in [0.5, 0.6) is 5.75 Å². The number of ether oxygens (including phenoxy) is 1. The van der Waals surface area contributed by atoms with E-state index in [9.17, 15) is 9.18 Å². The molecule has 0 amide bonds. The summed E-state index contributed by atoms with van der Waals surface area (Å²) in [6.45, 7) is 1.55. The summed E-state index contributed by atoms with van der Waals surface area (Å²) < 4.78 is 19.6. The van der Waals surface area contributed by atoms with Crippen molar-refractivity contribution in [2.24, 2.45) is 0 Å². The van der Waals surface area contributed by atoms with E-state index in [0.29, 0.717) is 21.9 Å². The van der Waals surface area contributed by atoms with Crippen molar-refractivity contribution in [1.82, 2.24) is 0 Å². The lowest BCUT2D eigenvalue weighted by molar-refractivity contribution is 0.101. The Morgan fingerprint density at radius 2 is 2.05 bits per heavy atom. The van der Waals surface area contributed by atoms with E-state index < -0.39 is 0 Å². The lowest BCUT2D eigenvalue weighted by Crippen LogP contribution is -2.02. The Hall–Kier alpha value is -1.39. The molecule has 0 aromatic heterocycles. The van der Waals surface area contributed by atoms with E-state index in [2.05, 4.69) is 15.9 Å². The maximum atomic E-state index is 13.2. The lowest BCUT2D eigenvalue weighted by Gasteiger charge is -2.11. The van der Waals surface area contributed by atoms with Gasteiger partial charge in [0.2, 0.25) is 0 Å². The third-order valence-corrected chi connectivity index (χ3v) is 3.58. The second-order valence-corrected chi connectivity index (χ2v) is 5.54. The fourth-order valence-electron chi connectivity index (χ4n) is 1.72. The van der Waals surface area contributed by atoms with Crippen LogP contribution in [0.4, 0.5) is 4.39 Å². The van der Waals surface area contributed by atoms with Crippen LogP contribution >= 0.6 is 27.5 Å². The van der Waals surface area contributed by atoms with E-state index >= 15 is 0 Å². The van der Waals surface area contributed by atoms with E-state index in [0.717, 1.165) is 4.47 Å². The van der Waals surface area contributed by atoms with Crippen LogP contribution in [0, 0.1) is 5.82 Å². The summed E-state index contributed by atoms with van der Waals surface area (Å²) in [6.07, 6.45) is 0. The van der Waals surface area contributed by atoms with Gasteiger partial charge >= 0.3 is 0 Å². The lowest BCUT2D eigenvalue weighted by atomic mass is 10.1. The van der Waals surface area contributed by atoms with E-state index in [1.165, 1.54) is 25.1 Å². The van der Waals surface area contributed by atoms with Crippen molar-refractivity contribution >= 4 is 33.3 Å². The number of ketones is 1. The van der Waals surface area contributed by atoms with E-state index in [4.69, 9.17) is 16.3 Å². The highest BCUT2D eigenvalue weighted by molar-refractivity contribution is 9.10. The van der Waals surface area contributed by atoms with Crippen LogP contribution < -0.4 is 4.74 Å². The predicted octanol–water partition coefficient (Wildman–Crippen LogP) is 5.02. The van der Waals surface area contributed by atoms with Crippen LogP contribution in [0.15, 0.2) is 40.9 Å². The molecule has 20 heavy (non-hydrogen) atoms. The zero-order valence-corrected chi connectivity index (χ0v) is 13.0. The maximum absolute atomic E-state index is 13.2. The molecule has 0 N–H and O–H groups in total. The van der Waals surface area contributed by atoms with Gasteiger partial charge in [-0.1, -0.05) is 27.5 Å². The molecular formula is C15H11BrClFO2. The quantitative estimate of drug-likeness (QED) is 0.718. The van der Waals surface area contributed by atoms with E-state index in [1.807, 2.05) is 0 Å². The number of carbonyl (C=O) groups is 1. The SMILES string of the molecule is CC(=O)c1ccc(Br)cc1OCc1cc(F)ccc1Cl. The minimum absolute atomic E-state index is 0.0906. The largest absolute Gasteiger partial charge is 0.488 e. The third-order valence-electron chi connectivity index (χ3n) is 2.71. The van der Waals surface area contributed by atoms with Gasteiger partial charge in [-0.05, 0) is 43.3 Å². The van der Waals surface area contributed by atoms with Gasteiger partial charge in [0.15, 0.2) is 5.78 Å². The van der Waals surface area contributed by atoms with Crippen molar-refractivity contribution in [1.29, 1.82) is 0 Å². The molecule has 0 aliphatic rings. The first-order chi connectivity index (χ1) is 9.47. The van der Waals surface area contributed by atoms with Gasteiger partial charge in [-0.25, -0.2) is 4.39 Å². The molecule has 0 radical (unpaired) electrons. The normalized spacial score (nSPS) is 10.4. The Labute approximate surface area is 129 Å². The van der Waals surface area contributed by atoms with Crippen molar-refractivity contribution < 1.29 is 13.9 Å². The molecule has 0 atom stereocenters. The number of rotatable bonds is 4. The molecule has 2 nitrogen and oxygen atoms in total. The molecule has 0 aliphatic heterocycles. The topological polar surface area (TPSA) is 26.3 Å². The molecule has 5 heteroatoms. The second-order valence-electron chi connectivity index (χ2n) is 4.22. The second kappa shape index (κ2) is 6.37. The van der Waals surface area contributed by atoms with Crippen LogP contribution in [0.1, 0.15) is 22.8 Å². The van der Waals surface area contributed by atoms with E-state index in [1.54, 1.807) is 18.2 Å². The predicted molar refractivity (Wildman–Crippen MR) is 79.9 cm³/mol. The van der Waals surface area contributed by atoms with Crippen LogP contribution in [0.25, 0.3) is 0 Å². The fourth-order valence-corrected chi connectivity index (χ4v) is 2.23. The average Bonchev–Trinajstić information content (AvgIpc) is 2.39. The van der Waals surface area contributed by atoms with Crippen molar-refractivity contribution in [3.05, 3.63) is 62.8 Å². The highest BCUT2D eigenvalue weighted by Crippen LogP contribution is 2.26. The van der Waals surface area contributed by atoms with Gasteiger partial charge < -0.3 is 4.74 Å². The monoisotopic (exact) mass is 356 g/mol. The molecule has 0 heterocycles. The fraction of sp³-hybridized carbons (Fsp3) is 0.133. The average molecular weight is 358 g/mol. The summed E-state index contributed by atoms with van der Waals surface area (Å²) in [5.41, 5.74) is 1.00. The summed E-state index contributed by atoms with van der Waals surface area (Å²) in [5.74, 6) is -0.0425. The Balaban J connectivity index is 2.24. The molecule has 0 aliphatic carbocycles. The summed E-state index contributed by atoms with van der Waals surface area (Å²) in [6, 6.07) is 9.21. The summed E-state index contributed by atoms with van der Waals surface area (Å²) in [4.78, 5) is 11.5. The van der Waals surface area contributed by atoms with Gasteiger partial charge in [0, 0.05) is 15.1 Å². The first-order valence-electron chi connectivity index (χ1n) is 5.84. The molecule has 2 aromatic carbocycles. The minimum atomic E-state index is -0.381. The van der Waals surface area contributed by atoms with Crippen molar-refractivity contribution in [2.45, 2.75) is 13.5 Å². The molecule has 2 aromatic rings. The molecule has 2 rings (SSSR count). The number of halogens is 3. The molecule has 0 bridgehead atoms. The summed E-state index contributed by atoms with van der Waals surface area (Å²) >= 11 is 9.29. The first-order valence-corrected chi connectivity index (χ1v) is 7.01. The summed E-state index contributed by atoms with van der Waals surface area (Å²) in [7, 11) is 0. The Morgan fingerprint density at radius 1 is 1.30 bits per heavy atom. The maximum Gasteiger partial charge on any atom is 0.163 e. The van der Waals surface area contributed by atoms with Crippen LogP contribution in [-0.4, -0.2) is 5.78 Å². The van der Waals surface area contributed by atoms with Gasteiger partial charge in [-0.2, -0.15) is 0 Å². The van der Waals surface area contributed by atoms with Crippen molar-refractivity contribution in [2.75, 3.05) is 0 Å². The number of Topliss-reactive ketones (excluding diaryl/α,β-unsaturated/α-hetero) is 1. The van der Waals surface area contributed by atoms with Crippen molar-refractivity contribution in [3.63, 3.8) is 0 Å². The van der Waals surface area contributed by atoms with Crippen molar-refractivity contribution in [3.8, 4) is 5.75 Å². The zero-order valence-electron chi connectivity index (χ0n) is 10.6. The van der Waals surface area contributed by atoms with Gasteiger partial charge in [0.05, 0.1) is 5.56 Å². The Morgan fingerprint density at radius 3 is 2.75 bits per heavy atom. The molecule has 0 spiro atoms. The number of hydrogen-bond acceptors (Lipinski definition) is 2. The highest BCUT2D eigenvalue weighted by Gasteiger charge is 2.10. The molecule has 0 saturated carbocycles.